The summed E-state index contributed by atoms with van der Waals surface area (Å²) in [5.41, 5.74) is -1.62. The number of ether oxygens (including phenoxy) is 1. The summed E-state index contributed by atoms with van der Waals surface area (Å²) in [6.07, 6.45) is -6.07. The maximum Gasteiger partial charge on any atom is 0.454 e. The van der Waals surface area contributed by atoms with E-state index in [1.807, 2.05) is 81.4 Å². The lowest BCUT2D eigenvalue weighted by Gasteiger charge is -2.43. The third kappa shape index (κ3) is 6.10. The Hall–Kier alpha value is -3.08. The number of benzene rings is 3. The minimum Gasteiger partial charge on any atom is -0.403 e. The summed E-state index contributed by atoms with van der Waals surface area (Å²) in [4.78, 5) is 13.7. The molecule has 0 saturated carbocycles. The van der Waals surface area contributed by atoms with Crippen molar-refractivity contribution in [2.75, 3.05) is 18.0 Å². The number of carbonyl (C=O) groups excluding carboxylic acids is 1. The van der Waals surface area contributed by atoms with Crippen molar-refractivity contribution in [1.82, 2.24) is 0 Å². The minimum atomic E-state index is -5.38. The number of alkyl halides is 3. The molecule has 1 saturated heterocycles. The van der Waals surface area contributed by atoms with Crippen LogP contribution in [0.2, 0.25) is 5.04 Å². The van der Waals surface area contributed by atoms with Gasteiger partial charge in [0.1, 0.15) is 0 Å². The van der Waals surface area contributed by atoms with E-state index in [0.717, 1.165) is 16.4 Å². The van der Waals surface area contributed by atoms with Gasteiger partial charge in [-0.2, -0.15) is 13.2 Å². The van der Waals surface area contributed by atoms with Gasteiger partial charge in [0.2, 0.25) is 0 Å². The summed E-state index contributed by atoms with van der Waals surface area (Å²) in [6.45, 7) is 9.63. The van der Waals surface area contributed by atoms with E-state index in [-0.39, 0.29) is 43.2 Å². The zero-order chi connectivity index (χ0) is 30.2. The third-order valence-electron chi connectivity index (χ3n) is 7.36. The Morgan fingerprint density at radius 2 is 1.39 bits per heavy atom. The largest absolute Gasteiger partial charge is 0.454 e. The van der Waals surface area contributed by atoms with Crippen molar-refractivity contribution < 1.29 is 35.9 Å². The molecule has 0 bridgehead atoms. The smallest absolute Gasteiger partial charge is 0.403 e. The Morgan fingerprint density at radius 1 is 0.902 bits per heavy atom. The monoisotopic (exact) mass is 591 g/mol. The Labute approximate surface area is 238 Å². The second-order valence-corrected chi connectivity index (χ2v) is 15.8. The van der Waals surface area contributed by atoms with Gasteiger partial charge >= 0.3 is 6.18 Å². The van der Waals surface area contributed by atoms with Crippen LogP contribution in [0.15, 0.2) is 66.7 Å². The summed E-state index contributed by atoms with van der Waals surface area (Å²) >= 11 is 0. The number of morpholine rings is 1. The van der Waals surface area contributed by atoms with E-state index in [9.17, 15) is 18.0 Å². The van der Waals surface area contributed by atoms with Gasteiger partial charge in [-0.25, -0.2) is 8.78 Å². The van der Waals surface area contributed by atoms with Gasteiger partial charge in [0, 0.05) is 18.7 Å². The zero-order valence-electron chi connectivity index (χ0n) is 23.7. The van der Waals surface area contributed by atoms with Crippen molar-refractivity contribution >= 4 is 30.2 Å². The average Bonchev–Trinajstić information content (AvgIpc) is 2.90. The second kappa shape index (κ2) is 11.7. The topological polar surface area (TPSA) is 38.8 Å². The highest BCUT2D eigenvalue weighted by Crippen LogP contribution is 2.39. The average molecular weight is 592 g/mol. The zero-order valence-corrected chi connectivity index (χ0v) is 24.7. The Kier molecular flexibility index (Phi) is 8.78. The summed E-state index contributed by atoms with van der Waals surface area (Å²) in [5, 5.41) is 1.33. The van der Waals surface area contributed by atoms with Crippen LogP contribution in [0.1, 0.15) is 50.5 Å². The molecule has 0 radical (unpaired) electrons. The molecule has 1 heterocycles. The molecule has 4 rings (SSSR count). The molecule has 1 aliphatic heterocycles. The van der Waals surface area contributed by atoms with Gasteiger partial charge in [0.15, 0.2) is 11.6 Å². The predicted octanol–water partition coefficient (Wildman–Crippen LogP) is 6.40. The molecule has 1 fully saturated rings. The van der Waals surface area contributed by atoms with E-state index in [0.29, 0.717) is 0 Å². The first-order valence-electron chi connectivity index (χ1n) is 13.4. The number of carbonyl (C=O) groups is 1. The fraction of sp³-hybridized carbons (Fsp3) is 0.387. The molecule has 10 heteroatoms. The fourth-order valence-corrected chi connectivity index (χ4v) is 10.3. The van der Waals surface area contributed by atoms with Crippen molar-refractivity contribution in [3.63, 3.8) is 0 Å². The first-order valence-corrected chi connectivity index (χ1v) is 15.4. The van der Waals surface area contributed by atoms with Gasteiger partial charge < -0.3 is 14.1 Å². The van der Waals surface area contributed by atoms with Crippen LogP contribution in [0.5, 0.6) is 0 Å². The van der Waals surface area contributed by atoms with Crippen molar-refractivity contribution in [3.8, 4) is 0 Å². The number of hydrogen-bond donors (Lipinski definition) is 0. The summed E-state index contributed by atoms with van der Waals surface area (Å²) < 4.78 is 83.8. The highest BCUT2D eigenvalue weighted by Gasteiger charge is 2.50. The number of Topliss-reactive ketones (excluding diaryl/α,β-unsaturated/α-hetero) is 1. The van der Waals surface area contributed by atoms with Crippen LogP contribution in [0.25, 0.3) is 0 Å². The second-order valence-electron chi connectivity index (χ2n) is 11.5. The Bertz CT molecular complexity index is 1330. The highest BCUT2D eigenvalue weighted by atomic mass is 28.4. The molecular formula is C31H34F5NO3Si. The van der Waals surface area contributed by atoms with Crippen LogP contribution >= 0.6 is 0 Å². The van der Waals surface area contributed by atoms with Gasteiger partial charge in [-0.05, 0) is 35.3 Å². The van der Waals surface area contributed by atoms with E-state index < -0.39 is 42.5 Å². The summed E-state index contributed by atoms with van der Waals surface area (Å²) in [6, 6.07) is 19.9. The molecule has 0 N–H and O–H groups in total. The van der Waals surface area contributed by atoms with Crippen molar-refractivity contribution in [1.29, 1.82) is 0 Å². The van der Waals surface area contributed by atoms with Crippen LogP contribution in [0.3, 0.4) is 0 Å². The van der Waals surface area contributed by atoms with Crippen molar-refractivity contribution in [2.45, 2.75) is 64.6 Å². The molecule has 0 amide bonds. The maximum absolute atomic E-state index is 15.8. The number of halogens is 5. The van der Waals surface area contributed by atoms with Gasteiger partial charge in [0.25, 0.3) is 14.1 Å². The van der Waals surface area contributed by atoms with Gasteiger partial charge in [0.05, 0.1) is 30.1 Å². The van der Waals surface area contributed by atoms with Crippen LogP contribution in [0, 0.1) is 11.6 Å². The lowest BCUT2D eigenvalue weighted by Crippen LogP contribution is -2.66. The molecule has 41 heavy (non-hydrogen) atoms. The lowest BCUT2D eigenvalue weighted by molar-refractivity contribution is -0.0887. The van der Waals surface area contributed by atoms with Gasteiger partial charge in [-0.1, -0.05) is 81.4 Å². The fourth-order valence-electron chi connectivity index (χ4n) is 5.75. The number of rotatable bonds is 7. The van der Waals surface area contributed by atoms with Gasteiger partial charge in [-0.3, -0.25) is 4.79 Å². The van der Waals surface area contributed by atoms with Crippen LogP contribution in [-0.2, 0) is 15.8 Å². The quantitative estimate of drug-likeness (QED) is 0.181. The SMILES string of the molecule is C[C@@H]1CN(c2c(CO[Si](c3ccccc3)(c3ccccc3)C(C)(C)C)cc(C(=O)C(F)(F)F)c(F)c2F)C[C@H](C)O1. The van der Waals surface area contributed by atoms with Crippen molar-refractivity contribution in [2.24, 2.45) is 0 Å². The molecule has 220 valence electrons. The number of anilines is 1. The van der Waals surface area contributed by atoms with E-state index in [2.05, 4.69) is 0 Å². The Balaban J connectivity index is 1.92. The molecular weight excluding hydrogens is 557 g/mol. The van der Waals surface area contributed by atoms with E-state index in [1.54, 1.807) is 18.7 Å². The van der Waals surface area contributed by atoms with Crippen LogP contribution in [-0.4, -0.2) is 45.6 Å². The molecule has 3 aromatic carbocycles. The molecule has 0 unspecified atom stereocenters. The van der Waals surface area contributed by atoms with Crippen molar-refractivity contribution in [3.05, 3.63) is 89.5 Å². The molecule has 0 aromatic heterocycles. The molecule has 0 spiro atoms. The first kappa shape index (κ1) is 30.9. The van der Waals surface area contributed by atoms with Crippen LogP contribution < -0.4 is 15.3 Å². The predicted molar refractivity (Wildman–Crippen MR) is 151 cm³/mol. The minimum absolute atomic E-state index is 0.0363. The maximum atomic E-state index is 15.8. The normalized spacial score (nSPS) is 18.4. The lowest BCUT2D eigenvalue weighted by atomic mass is 10.0. The van der Waals surface area contributed by atoms with Gasteiger partial charge in [-0.15, -0.1) is 0 Å². The van der Waals surface area contributed by atoms with E-state index >= 15 is 8.78 Å². The molecule has 3 aromatic rings. The van der Waals surface area contributed by atoms with E-state index in [4.69, 9.17) is 9.16 Å². The molecule has 1 aliphatic rings. The third-order valence-corrected chi connectivity index (χ3v) is 12.3. The molecule has 4 nitrogen and oxygen atoms in total. The Morgan fingerprint density at radius 3 is 1.83 bits per heavy atom. The van der Waals surface area contributed by atoms with E-state index in [1.165, 1.54) is 0 Å². The van der Waals surface area contributed by atoms with Crippen LogP contribution in [0.4, 0.5) is 27.6 Å². The molecule has 2 atom stereocenters. The highest BCUT2D eigenvalue weighted by molar-refractivity contribution is 6.99. The number of nitrogens with zero attached hydrogens (tertiary/aromatic N) is 1. The summed E-state index contributed by atoms with van der Waals surface area (Å²) in [7, 11) is -3.21. The standard InChI is InChI=1S/C31H34F5NO3Si/c1-20-17-37(18-21(2)40-20)28-22(16-25(26(32)27(28)33)29(38)31(34,35)36)19-39-41(30(3,4)5,23-12-8-6-9-13-23)24-14-10-7-11-15-24/h6-16,20-21H,17-19H2,1-5H3/t20-,21+. The molecule has 0 aliphatic carbocycles. The number of ketones is 1. The summed E-state index contributed by atoms with van der Waals surface area (Å²) in [5.74, 6) is -5.79. The first-order chi connectivity index (χ1) is 19.2. The number of hydrogen-bond acceptors (Lipinski definition) is 4.